The van der Waals surface area contributed by atoms with E-state index in [0.29, 0.717) is 6.61 Å². The molecule has 0 aromatic heterocycles. The van der Waals surface area contributed by atoms with Crippen molar-refractivity contribution in [2.24, 2.45) is 5.41 Å². The van der Waals surface area contributed by atoms with E-state index in [9.17, 15) is 14.4 Å². The Hall–Kier alpha value is -2.63. The van der Waals surface area contributed by atoms with Gasteiger partial charge in [-0.05, 0) is 6.92 Å². The molecule has 0 spiro atoms. The number of carbonyl (C=O) groups is 3. The first-order valence-electron chi connectivity index (χ1n) is 7.82. The molecule has 0 atom stereocenters. The molecule has 6 nitrogen and oxygen atoms in total. The van der Waals surface area contributed by atoms with Crippen LogP contribution in [-0.2, 0) is 28.6 Å². The maximum absolute atomic E-state index is 11.6. The van der Waals surface area contributed by atoms with Gasteiger partial charge in [-0.2, -0.15) is 0 Å². The molecule has 0 aliphatic rings. The predicted molar refractivity (Wildman–Crippen MR) is 94.6 cm³/mol. The average Bonchev–Trinajstić information content (AvgIpc) is 2.57. The van der Waals surface area contributed by atoms with Crippen molar-refractivity contribution >= 4 is 17.9 Å². The minimum Gasteiger partial charge on any atom is -0.469 e. The molecule has 0 radical (unpaired) electrons. The summed E-state index contributed by atoms with van der Waals surface area (Å²) in [5.74, 6) is -1.50. The van der Waals surface area contributed by atoms with Gasteiger partial charge in [-0.3, -0.25) is 4.79 Å². The lowest BCUT2D eigenvalue weighted by atomic mass is 9.92. The summed E-state index contributed by atoms with van der Waals surface area (Å²) in [5, 5.41) is 0. The highest BCUT2D eigenvalue weighted by molar-refractivity contribution is 5.94. The molecule has 0 aromatic carbocycles. The SMILES string of the molecule is CCOC(=O)/C=C/C=C/C(C)(C)/C=C/C=C(\CC(=O)OC)C(=O)OC. The van der Waals surface area contributed by atoms with Crippen LogP contribution in [0.4, 0.5) is 0 Å². The van der Waals surface area contributed by atoms with Gasteiger partial charge in [0.2, 0.25) is 0 Å². The molecule has 138 valence electrons. The molecule has 0 aliphatic carbocycles. The molecular weight excluding hydrogens is 324 g/mol. The molecule has 0 amide bonds. The monoisotopic (exact) mass is 350 g/mol. The summed E-state index contributed by atoms with van der Waals surface area (Å²) >= 11 is 0. The number of carbonyl (C=O) groups excluding carboxylic acids is 3. The average molecular weight is 350 g/mol. The topological polar surface area (TPSA) is 78.9 Å². The summed E-state index contributed by atoms with van der Waals surface area (Å²) in [7, 11) is 2.50. The standard InChI is InChI=1S/C19H26O6/c1-6-25-16(20)11-7-8-12-19(2,3)13-9-10-15(18(22)24-5)14-17(21)23-4/h7-13H,6,14H2,1-5H3/b11-7+,12-8+,13-9+,15-10+. The Kier molecular flexibility index (Phi) is 10.6. The highest BCUT2D eigenvalue weighted by Crippen LogP contribution is 2.19. The van der Waals surface area contributed by atoms with Crippen molar-refractivity contribution in [3.8, 4) is 0 Å². The molecule has 0 heterocycles. The number of hydrogen-bond acceptors (Lipinski definition) is 6. The Labute approximate surface area is 148 Å². The van der Waals surface area contributed by atoms with Gasteiger partial charge < -0.3 is 14.2 Å². The van der Waals surface area contributed by atoms with E-state index in [1.807, 2.05) is 26.0 Å². The molecule has 0 rings (SSSR count). The molecule has 0 aromatic rings. The van der Waals surface area contributed by atoms with E-state index < -0.39 is 17.9 Å². The van der Waals surface area contributed by atoms with Crippen LogP contribution in [0.5, 0.6) is 0 Å². The third kappa shape index (κ3) is 10.7. The molecule has 0 unspecified atom stereocenters. The molecule has 25 heavy (non-hydrogen) atoms. The minimum absolute atomic E-state index is 0.161. The van der Waals surface area contributed by atoms with Crippen LogP contribution in [0.25, 0.3) is 0 Å². The van der Waals surface area contributed by atoms with Crippen molar-refractivity contribution in [3.63, 3.8) is 0 Å². The molecular formula is C19H26O6. The van der Waals surface area contributed by atoms with Gasteiger partial charge in [0, 0.05) is 17.1 Å². The van der Waals surface area contributed by atoms with Gasteiger partial charge in [0.25, 0.3) is 0 Å². The summed E-state index contributed by atoms with van der Waals surface area (Å²) in [6.07, 6.45) is 11.4. The molecule has 6 heteroatoms. The molecule has 0 aliphatic heterocycles. The van der Waals surface area contributed by atoms with Gasteiger partial charge in [0.05, 0.1) is 27.2 Å². The van der Waals surface area contributed by atoms with Crippen molar-refractivity contribution in [2.75, 3.05) is 20.8 Å². The lowest BCUT2D eigenvalue weighted by Crippen LogP contribution is -2.11. The molecule has 0 fully saturated rings. The Morgan fingerprint density at radius 2 is 1.60 bits per heavy atom. The Balaban J connectivity index is 4.95. The summed E-state index contributed by atoms with van der Waals surface area (Å²) in [6.45, 7) is 5.97. The van der Waals surface area contributed by atoms with Crippen LogP contribution in [0.1, 0.15) is 27.2 Å². The van der Waals surface area contributed by atoms with Gasteiger partial charge >= 0.3 is 17.9 Å². The zero-order valence-corrected chi connectivity index (χ0v) is 15.4. The number of methoxy groups -OCH3 is 2. The van der Waals surface area contributed by atoms with E-state index in [2.05, 4.69) is 9.47 Å². The van der Waals surface area contributed by atoms with Crippen LogP contribution in [0, 0.1) is 5.41 Å². The van der Waals surface area contributed by atoms with Gasteiger partial charge in [-0.15, -0.1) is 0 Å². The number of esters is 3. The zero-order chi connectivity index (χ0) is 19.3. The van der Waals surface area contributed by atoms with Gasteiger partial charge in [0.1, 0.15) is 0 Å². The lowest BCUT2D eigenvalue weighted by Gasteiger charge is -2.13. The molecule has 0 bridgehead atoms. The Morgan fingerprint density at radius 3 is 2.16 bits per heavy atom. The fourth-order valence-electron chi connectivity index (χ4n) is 1.65. The summed E-state index contributed by atoms with van der Waals surface area (Å²) in [5.41, 5.74) is -0.130. The third-order valence-corrected chi connectivity index (χ3v) is 2.99. The highest BCUT2D eigenvalue weighted by atomic mass is 16.5. The Morgan fingerprint density at radius 1 is 0.960 bits per heavy atom. The first-order valence-corrected chi connectivity index (χ1v) is 7.82. The number of allylic oxidation sites excluding steroid dienone is 6. The molecule has 0 saturated carbocycles. The van der Waals surface area contributed by atoms with Crippen LogP contribution in [0.2, 0.25) is 0 Å². The second kappa shape index (κ2) is 11.8. The summed E-state index contributed by atoms with van der Waals surface area (Å²) in [6, 6.07) is 0. The van der Waals surface area contributed by atoms with Gasteiger partial charge in [0.15, 0.2) is 0 Å². The predicted octanol–water partition coefficient (Wildman–Crippen LogP) is 2.91. The third-order valence-electron chi connectivity index (χ3n) is 2.99. The van der Waals surface area contributed by atoms with Crippen LogP contribution < -0.4 is 0 Å². The van der Waals surface area contributed by atoms with Crippen molar-refractivity contribution in [1.29, 1.82) is 0 Å². The van der Waals surface area contributed by atoms with Crippen molar-refractivity contribution in [2.45, 2.75) is 27.2 Å². The van der Waals surface area contributed by atoms with Crippen LogP contribution in [0.3, 0.4) is 0 Å². The maximum atomic E-state index is 11.6. The quantitative estimate of drug-likeness (QED) is 0.275. The minimum atomic E-state index is -0.583. The van der Waals surface area contributed by atoms with Crippen LogP contribution in [-0.4, -0.2) is 38.7 Å². The number of ether oxygens (including phenoxy) is 3. The van der Waals surface area contributed by atoms with Crippen molar-refractivity contribution < 1.29 is 28.6 Å². The number of hydrogen-bond donors (Lipinski definition) is 0. The summed E-state index contributed by atoms with van der Waals surface area (Å²) < 4.78 is 14.0. The lowest BCUT2D eigenvalue weighted by molar-refractivity contribution is -0.143. The zero-order valence-electron chi connectivity index (χ0n) is 15.4. The normalized spacial score (nSPS) is 12.8. The van der Waals surface area contributed by atoms with Crippen molar-refractivity contribution in [3.05, 3.63) is 48.1 Å². The smallest absolute Gasteiger partial charge is 0.334 e. The first kappa shape index (κ1) is 22.4. The van der Waals surface area contributed by atoms with E-state index in [4.69, 9.17) is 4.74 Å². The van der Waals surface area contributed by atoms with E-state index >= 15 is 0 Å². The highest BCUT2D eigenvalue weighted by Gasteiger charge is 2.14. The van der Waals surface area contributed by atoms with E-state index in [1.165, 1.54) is 26.4 Å². The summed E-state index contributed by atoms with van der Waals surface area (Å²) in [4.78, 5) is 34.1. The fourth-order valence-corrected chi connectivity index (χ4v) is 1.65. The number of rotatable bonds is 9. The van der Waals surface area contributed by atoms with Gasteiger partial charge in [-0.25, -0.2) is 9.59 Å². The van der Waals surface area contributed by atoms with Crippen LogP contribution in [0.15, 0.2) is 48.1 Å². The van der Waals surface area contributed by atoms with E-state index in [1.54, 1.807) is 25.2 Å². The van der Waals surface area contributed by atoms with Crippen LogP contribution >= 0.6 is 0 Å². The molecule has 0 saturated heterocycles. The van der Waals surface area contributed by atoms with Crippen molar-refractivity contribution in [1.82, 2.24) is 0 Å². The fraction of sp³-hybridized carbons (Fsp3) is 0.421. The Bertz CT molecular complexity index is 579. The largest absolute Gasteiger partial charge is 0.469 e. The first-order chi connectivity index (χ1) is 11.8. The van der Waals surface area contributed by atoms with E-state index in [-0.39, 0.29) is 17.4 Å². The van der Waals surface area contributed by atoms with Gasteiger partial charge in [-0.1, -0.05) is 50.3 Å². The second-order valence-corrected chi connectivity index (χ2v) is 5.59. The molecule has 0 N–H and O–H groups in total. The maximum Gasteiger partial charge on any atom is 0.334 e. The second-order valence-electron chi connectivity index (χ2n) is 5.59. The van der Waals surface area contributed by atoms with E-state index in [0.717, 1.165) is 0 Å².